The van der Waals surface area contributed by atoms with E-state index >= 15 is 4.39 Å². The van der Waals surface area contributed by atoms with E-state index in [2.05, 4.69) is 43.1 Å². The Morgan fingerprint density at radius 3 is 2.76 bits per heavy atom. The second kappa shape index (κ2) is 9.29. The van der Waals surface area contributed by atoms with Crippen LogP contribution >= 0.6 is 29.8 Å². The van der Waals surface area contributed by atoms with Crippen molar-refractivity contribution in [1.29, 1.82) is 0 Å². The molecule has 33 heavy (non-hydrogen) atoms. The predicted molar refractivity (Wildman–Crippen MR) is 139 cm³/mol. The molecule has 1 amide bonds. The van der Waals surface area contributed by atoms with Crippen molar-refractivity contribution in [3.8, 4) is 16.9 Å². The van der Waals surface area contributed by atoms with Crippen molar-refractivity contribution in [2.75, 3.05) is 13.7 Å². The third-order valence-electron chi connectivity index (χ3n) is 5.94. The minimum atomic E-state index is -1.78. The first-order valence-electron chi connectivity index (χ1n) is 10.7. The summed E-state index contributed by atoms with van der Waals surface area (Å²) in [6.45, 7) is 9.44. The molecular weight excluding hydrogens is 475 g/mol. The smallest absolute Gasteiger partial charge is 0.246 e. The van der Waals surface area contributed by atoms with Gasteiger partial charge in [-0.2, -0.15) is 5.10 Å². The van der Waals surface area contributed by atoms with E-state index in [1.54, 1.807) is 23.1 Å². The van der Waals surface area contributed by atoms with Gasteiger partial charge in [-0.3, -0.25) is 9.48 Å². The highest BCUT2D eigenvalue weighted by Crippen LogP contribution is 2.47. The van der Waals surface area contributed by atoms with Gasteiger partial charge >= 0.3 is 0 Å². The van der Waals surface area contributed by atoms with Gasteiger partial charge in [0, 0.05) is 40.5 Å². The summed E-state index contributed by atoms with van der Waals surface area (Å²) in [5, 5.41) is 2.73. The number of carbonyl (C=O) groups is 1. The highest BCUT2D eigenvalue weighted by atomic mass is 32.1. The molecule has 3 unspecified atom stereocenters. The molecule has 1 aliphatic rings. The SMILES string of the molecule is C=CC(=O)N1Cc2sc(C)cc2C(c2ccc(OC)cc2-c2cn(CC)nc2C(F)(P)P)C1. The fourth-order valence-electron chi connectivity index (χ4n) is 4.38. The number of thiophene rings is 1. The van der Waals surface area contributed by atoms with E-state index in [9.17, 15) is 4.79 Å². The summed E-state index contributed by atoms with van der Waals surface area (Å²) in [6.07, 6.45) is 3.24. The number of amides is 1. The van der Waals surface area contributed by atoms with Gasteiger partial charge in [0.05, 0.1) is 13.7 Å². The van der Waals surface area contributed by atoms with E-state index in [0.29, 0.717) is 36.6 Å². The molecular formula is C24H28FN3O2P2S. The van der Waals surface area contributed by atoms with Crippen LogP contribution in [0, 0.1) is 6.92 Å². The lowest BCUT2D eigenvalue weighted by molar-refractivity contribution is -0.127. The second-order valence-corrected chi connectivity index (χ2v) is 11.9. The quantitative estimate of drug-likeness (QED) is 0.333. The minimum Gasteiger partial charge on any atom is -0.497 e. The molecule has 3 atom stereocenters. The number of rotatable bonds is 6. The van der Waals surface area contributed by atoms with Gasteiger partial charge in [-0.25, -0.2) is 4.39 Å². The number of hydrogen-bond acceptors (Lipinski definition) is 4. The zero-order valence-corrected chi connectivity index (χ0v) is 22.1. The zero-order chi connectivity index (χ0) is 23.9. The third kappa shape index (κ3) is 4.64. The average Bonchev–Trinajstić information content (AvgIpc) is 3.40. The zero-order valence-electron chi connectivity index (χ0n) is 19.0. The largest absolute Gasteiger partial charge is 0.497 e. The van der Waals surface area contributed by atoms with E-state index in [0.717, 1.165) is 11.1 Å². The van der Waals surface area contributed by atoms with Crippen LogP contribution in [-0.4, -0.2) is 34.2 Å². The van der Waals surface area contributed by atoms with Gasteiger partial charge in [0.25, 0.3) is 0 Å². The maximum Gasteiger partial charge on any atom is 0.246 e. The summed E-state index contributed by atoms with van der Waals surface area (Å²) in [5.74, 6) is 0.519. The van der Waals surface area contributed by atoms with Crippen LogP contribution in [0.3, 0.4) is 0 Å². The number of aryl methyl sites for hydroxylation is 2. The number of nitrogens with zero attached hydrogens (tertiary/aromatic N) is 3. The summed E-state index contributed by atoms with van der Waals surface area (Å²) in [6, 6.07) is 8.08. The van der Waals surface area contributed by atoms with Crippen molar-refractivity contribution in [1.82, 2.24) is 14.7 Å². The highest BCUT2D eigenvalue weighted by molar-refractivity contribution is 7.38. The molecule has 2 aromatic heterocycles. The Kier molecular flexibility index (Phi) is 6.77. The van der Waals surface area contributed by atoms with Gasteiger partial charge in [-0.05, 0) is 54.8 Å². The number of hydrogen-bond donors (Lipinski definition) is 0. The molecule has 0 aliphatic carbocycles. The Hall–Kier alpha value is -2.07. The topological polar surface area (TPSA) is 47.4 Å². The number of alkyl halides is 1. The molecule has 9 heteroatoms. The van der Waals surface area contributed by atoms with E-state index < -0.39 is 5.15 Å². The number of fused-ring (bicyclic) bond motifs is 1. The van der Waals surface area contributed by atoms with Crippen LogP contribution < -0.4 is 4.74 Å². The van der Waals surface area contributed by atoms with Crippen LogP contribution in [0.5, 0.6) is 5.75 Å². The molecule has 0 saturated carbocycles. The Balaban J connectivity index is 1.94. The molecule has 0 N–H and O–H groups in total. The normalized spacial score (nSPS) is 15.9. The van der Waals surface area contributed by atoms with Crippen molar-refractivity contribution >= 4 is 35.7 Å². The summed E-state index contributed by atoms with van der Waals surface area (Å²) >= 11 is 1.71. The number of benzene rings is 1. The molecule has 0 fully saturated rings. The molecule has 4 rings (SSSR count). The first-order chi connectivity index (χ1) is 15.7. The number of aromatic nitrogens is 2. The van der Waals surface area contributed by atoms with Gasteiger partial charge in [-0.1, -0.05) is 31.1 Å². The minimum absolute atomic E-state index is 0.0654. The summed E-state index contributed by atoms with van der Waals surface area (Å²) in [7, 11) is 6.06. The van der Waals surface area contributed by atoms with Crippen molar-refractivity contribution < 1.29 is 13.9 Å². The highest BCUT2D eigenvalue weighted by Gasteiger charge is 2.34. The molecule has 0 bridgehead atoms. The Bertz CT molecular complexity index is 1220. The van der Waals surface area contributed by atoms with Gasteiger partial charge < -0.3 is 9.64 Å². The fourth-order valence-corrected chi connectivity index (χ4v) is 5.92. The summed E-state index contributed by atoms with van der Waals surface area (Å²) in [5.41, 5.74) is 4.10. The van der Waals surface area contributed by atoms with Crippen molar-refractivity contribution in [3.63, 3.8) is 0 Å². The lowest BCUT2D eigenvalue weighted by Crippen LogP contribution is -2.37. The summed E-state index contributed by atoms with van der Waals surface area (Å²) < 4.78 is 22.4. The molecule has 1 aromatic carbocycles. The predicted octanol–water partition coefficient (Wildman–Crippen LogP) is 5.44. The Morgan fingerprint density at radius 2 is 2.12 bits per heavy atom. The van der Waals surface area contributed by atoms with Crippen molar-refractivity contribution in [3.05, 3.63) is 69.7 Å². The molecule has 3 aromatic rings. The number of ether oxygens (including phenoxy) is 1. The van der Waals surface area contributed by atoms with E-state index in [4.69, 9.17) is 4.74 Å². The lowest BCUT2D eigenvalue weighted by Gasteiger charge is -2.33. The maximum atomic E-state index is 15.2. The Labute approximate surface area is 202 Å². The van der Waals surface area contributed by atoms with E-state index in [1.807, 2.05) is 36.2 Å². The molecule has 0 saturated heterocycles. The van der Waals surface area contributed by atoms with Crippen LogP contribution in [0.1, 0.15) is 39.4 Å². The van der Waals surface area contributed by atoms with Crippen LogP contribution in [-0.2, 0) is 23.0 Å². The van der Waals surface area contributed by atoms with Crippen LogP contribution in [0.15, 0.2) is 43.1 Å². The van der Waals surface area contributed by atoms with Crippen molar-refractivity contribution in [2.24, 2.45) is 0 Å². The molecule has 0 spiro atoms. The maximum absolute atomic E-state index is 15.2. The van der Waals surface area contributed by atoms with Gasteiger partial charge in [0.1, 0.15) is 11.4 Å². The fraction of sp³-hybridized carbons (Fsp3) is 0.333. The standard InChI is InChI=1S/C24H28FN3O2P2S/c1-5-22(29)27-11-19(18-9-14(3)33-21(18)13-27)16-8-7-15(30-4)10-17(16)20-12-28(6-2)26-23(20)24(25,31)32/h5,7-10,12,19H,1,6,11,13,31-32H2,2-4H3. The number of methoxy groups -OCH3 is 1. The third-order valence-corrected chi connectivity index (χ3v) is 7.54. The monoisotopic (exact) mass is 503 g/mol. The molecule has 5 nitrogen and oxygen atoms in total. The first-order valence-corrected chi connectivity index (χ1v) is 12.7. The van der Waals surface area contributed by atoms with Gasteiger partial charge in [-0.15, -0.1) is 11.3 Å². The number of carbonyl (C=O) groups excluding carboxylic acids is 1. The molecule has 1 aliphatic heterocycles. The van der Waals surface area contributed by atoms with Gasteiger partial charge in [0.2, 0.25) is 5.91 Å². The van der Waals surface area contributed by atoms with Crippen LogP contribution in [0.25, 0.3) is 11.1 Å². The number of halogens is 1. The second-order valence-electron chi connectivity index (χ2n) is 8.18. The molecule has 0 radical (unpaired) electrons. The molecule has 174 valence electrons. The summed E-state index contributed by atoms with van der Waals surface area (Å²) in [4.78, 5) is 16.8. The first kappa shape index (κ1) is 24.1. The van der Waals surface area contributed by atoms with Crippen LogP contribution in [0.4, 0.5) is 4.39 Å². The Morgan fingerprint density at radius 1 is 1.36 bits per heavy atom. The van der Waals surface area contributed by atoms with Gasteiger partial charge in [0.15, 0.2) is 5.15 Å². The van der Waals surface area contributed by atoms with E-state index in [1.165, 1.54) is 21.4 Å². The van der Waals surface area contributed by atoms with Crippen molar-refractivity contribution in [2.45, 2.75) is 38.0 Å². The average molecular weight is 504 g/mol. The van der Waals surface area contributed by atoms with E-state index in [-0.39, 0.29) is 11.8 Å². The molecule has 3 heterocycles. The van der Waals surface area contributed by atoms with Crippen LogP contribution in [0.2, 0.25) is 0 Å². The lowest BCUT2D eigenvalue weighted by atomic mass is 9.83.